The molecule has 1 rings (SSSR count). The zero-order chi connectivity index (χ0) is 11.1. The third-order valence-electron chi connectivity index (χ3n) is 2.41. The van der Waals surface area contributed by atoms with E-state index in [0.717, 1.165) is 30.3 Å². The van der Waals surface area contributed by atoms with E-state index >= 15 is 0 Å². The molecule has 0 saturated carbocycles. The molecular formula is C12H16BrFO. The van der Waals surface area contributed by atoms with Crippen molar-refractivity contribution in [1.29, 1.82) is 0 Å². The molecule has 0 heterocycles. The lowest BCUT2D eigenvalue weighted by atomic mass is 9.96. The molecule has 3 heteroatoms. The van der Waals surface area contributed by atoms with Gasteiger partial charge in [0.25, 0.3) is 0 Å². The van der Waals surface area contributed by atoms with E-state index in [-0.39, 0.29) is 5.82 Å². The van der Waals surface area contributed by atoms with E-state index in [2.05, 4.69) is 15.9 Å². The summed E-state index contributed by atoms with van der Waals surface area (Å²) in [4.78, 5) is 0. The van der Waals surface area contributed by atoms with E-state index in [1.807, 2.05) is 6.07 Å². The summed E-state index contributed by atoms with van der Waals surface area (Å²) in [6.45, 7) is 0.763. The van der Waals surface area contributed by atoms with Gasteiger partial charge in [-0.2, -0.15) is 0 Å². The maximum atomic E-state index is 13.0. The Morgan fingerprint density at radius 1 is 1.47 bits per heavy atom. The SMILES string of the molecule is COCCCC(CBr)c1cccc(F)c1. The van der Waals surface area contributed by atoms with Crippen LogP contribution in [0.4, 0.5) is 4.39 Å². The number of ether oxygens (including phenoxy) is 1. The number of methoxy groups -OCH3 is 1. The van der Waals surface area contributed by atoms with Crippen molar-refractivity contribution in [3.63, 3.8) is 0 Å². The van der Waals surface area contributed by atoms with Gasteiger partial charge in [-0.3, -0.25) is 0 Å². The normalized spacial score (nSPS) is 12.7. The van der Waals surface area contributed by atoms with Gasteiger partial charge in [0.05, 0.1) is 0 Å². The second kappa shape index (κ2) is 6.96. The van der Waals surface area contributed by atoms with Crippen LogP contribution in [0.3, 0.4) is 0 Å². The molecule has 1 aromatic rings. The summed E-state index contributed by atoms with van der Waals surface area (Å²) in [5.74, 6) is 0.209. The molecule has 0 saturated heterocycles. The summed E-state index contributed by atoms with van der Waals surface area (Å²) in [5.41, 5.74) is 1.06. The fourth-order valence-corrected chi connectivity index (χ4v) is 2.27. The molecule has 0 aliphatic rings. The fourth-order valence-electron chi connectivity index (χ4n) is 1.57. The highest BCUT2D eigenvalue weighted by atomic mass is 79.9. The lowest BCUT2D eigenvalue weighted by Crippen LogP contribution is -2.02. The summed E-state index contributed by atoms with van der Waals surface area (Å²) in [5, 5.41) is 0.861. The van der Waals surface area contributed by atoms with Crippen LogP contribution in [-0.2, 0) is 4.74 Å². The van der Waals surface area contributed by atoms with Gasteiger partial charge in [-0.15, -0.1) is 0 Å². The number of halogens is 2. The van der Waals surface area contributed by atoms with Crippen molar-refractivity contribution in [2.45, 2.75) is 18.8 Å². The predicted molar refractivity (Wildman–Crippen MR) is 64.0 cm³/mol. The minimum Gasteiger partial charge on any atom is -0.385 e. The van der Waals surface area contributed by atoms with Crippen LogP contribution >= 0.6 is 15.9 Å². The summed E-state index contributed by atoms with van der Waals surface area (Å²) in [6.07, 6.45) is 2.02. The Kier molecular flexibility index (Phi) is 5.88. The smallest absolute Gasteiger partial charge is 0.123 e. The van der Waals surface area contributed by atoms with Crippen LogP contribution in [0.2, 0.25) is 0 Å². The Balaban J connectivity index is 2.57. The minimum absolute atomic E-state index is 0.162. The van der Waals surface area contributed by atoms with Crippen LogP contribution in [-0.4, -0.2) is 19.0 Å². The van der Waals surface area contributed by atoms with Crippen molar-refractivity contribution in [3.05, 3.63) is 35.6 Å². The van der Waals surface area contributed by atoms with E-state index in [4.69, 9.17) is 4.74 Å². The van der Waals surface area contributed by atoms with Gasteiger partial charge < -0.3 is 4.74 Å². The van der Waals surface area contributed by atoms with Crippen LogP contribution in [0.15, 0.2) is 24.3 Å². The van der Waals surface area contributed by atoms with Gasteiger partial charge in [0.2, 0.25) is 0 Å². The molecule has 0 fully saturated rings. The summed E-state index contributed by atoms with van der Waals surface area (Å²) in [6, 6.07) is 6.82. The van der Waals surface area contributed by atoms with Crippen LogP contribution in [0, 0.1) is 5.82 Å². The van der Waals surface area contributed by atoms with Gasteiger partial charge in [0, 0.05) is 19.0 Å². The molecule has 1 aromatic carbocycles. The molecule has 1 atom stereocenters. The highest BCUT2D eigenvalue weighted by Gasteiger charge is 2.10. The first-order valence-corrected chi connectivity index (χ1v) is 6.20. The molecule has 0 N–H and O–H groups in total. The number of rotatable bonds is 6. The summed E-state index contributed by atoms with van der Waals surface area (Å²) in [7, 11) is 1.70. The average Bonchev–Trinajstić information content (AvgIpc) is 2.24. The molecule has 0 aliphatic heterocycles. The molecule has 0 radical (unpaired) electrons. The van der Waals surface area contributed by atoms with E-state index in [9.17, 15) is 4.39 Å². The van der Waals surface area contributed by atoms with E-state index in [0.29, 0.717) is 5.92 Å². The Hall–Kier alpha value is -0.410. The Bertz CT molecular complexity index is 291. The number of hydrogen-bond acceptors (Lipinski definition) is 1. The van der Waals surface area contributed by atoms with Crippen LogP contribution in [0.1, 0.15) is 24.3 Å². The zero-order valence-corrected chi connectivity index (χ0v) is 10.5. The van der Waals surface area contributed by atoms with Gasteiger partial charge in [-0.05, 0) is 36.5 Å². The van der Waals surface area contributed by atoms with Crippen molar-refractivity contribution in [1.82, 2.24) is 0 Å². The van der Waals surface area contributed by atoms with Gasteiger partial charge in [0.1, 0.15) is 5.82 Å². The van der Waals surface area contributed by atoms with Gasteiger partial charge in [0.15, 0.2) is 0 Å². The fraction of sp³-hybridized carbons (Fsp3) is 0.500. The molecule has 0 bridgehead atoms. The standard InChI is InChI=1S/C12H16BrFO/c1-15-7-3-5-11(9-13)10-4-2-6-12(14)8-10/h2,4,6,8,11H,3,5,7,9H2,1H3. The average molecular weight is 275 g/mol. The van der Waals surface area contributed by atoms with Crippen molar-refractivity contribution in [2.75, 3.05) is 19.0 Å². The molecule has 15 heavy (non-hydrogen) atoms. The minimum atomic E-state index is -0.162. The molecule has 0 aliphatic carbocycles. The molecule has 0 spiro atoms. The molecular weight excluding hydrogens is 259 g/mol. The van der Waals surface area contributed by atoms with Gasteiger partial charge in [-0.1, -0.05) is 28.1 Å². The maximum absolute atomic E-state index is 13.0. The molecule has 1 nitrogen and oxygen atoms in total. The van der Waals surface area contributed by atoms with Crippen LogP contribution in [0.25, 0.3) is 0 Å². The molecule has 84 valence electrons. The number of alkyl halides is 1. The second-order valence-electron chi connectivity index (χ2n) is 3.54. The molecule has 0 amide bonds. The third kappa shape index (κ3) is 4.31. The summed E-state index contributed by atoms with van der Waals surface area (Å²) < 4.78 is 18.0. The lowest BCUT2D eigenvalue weighted by Gasteiger charge is -2.14. The van der Waals surface area contributed by atoms with Crippen LogP contribution in [0.5, 0.6) is 0 Å². The van der Waals surface area contributed by atoms with E-state index in [1.54, 1.807) is 19.2 Å². The zero-order valence-electron chi connectivity index (χ0n) is 8.88. The van der Waals surface area contributed by atoms with Crippen molar-refractivity contribution < 1.29 is 9.13 Å². The first-order chi connectivity index (χ1) is 7.27. The largest absolute Gasteiger partial charge is 0.385 e. The quantitative estimate of drug-likeness (QED) is 0.567. The Morgan fingerprint density at radius 3 is 2.87 bits per heavy atom. The topological polar surface area (TPSA) is 9.23 Å². The highest BCUT2D eigenvalue weighted by molar-refractivity contribution is 9.09. The van der Waals surface area contributed by atoms with E-state index < -0.39 is 0 Å². The monoisotopic (exact) mass is 274 g/mol. The van der Waals surface area contributed by atoms with E-state index in [1.165, 1.54) is 6.07 Å². The first kappa shape index (κ1) is 12.7. The molecule has 1 unspecified atom stereocenters. The number of hydrogen-bond donors (Lipinski definition) is 0. The van der Waals surface area contributed by atoms with Crippen molar-refractivity contribution in [3.8, 4) is 0 Å². The van der Waals surface area contributed by atoms with Crippen molar-refractivity contribution in [2.24, 2.45) is 0 Å². The summed E-state index contributed by atoms with van der Waals surface area (Å²) >= 11 is 3.47. The second-order valence-corrected chi connectivity index (χ2v) is 4.19. The molecule has 0 aromatic heterocycles. The lowest BCUT2D eigenvalue weighted by molar-refractivity contribution is 0.191. The highest BCUT2D eigenvalue weighted by Crippen LogP contribution is 2.23. The number of benzene rings is 1. The maximum Gasteiger partial charge on any atom is 0.123 e. The third-order valence-corrected chi connectivity index (χ3v) is 3.19. The van der Waals surface area contributed by atoms with Gasteiger partial charge in [-0.25, -0.2) is 4.39 Å². The Morgan fingerprint density at radius 2 is 2.27 bits per heavy atom. The van der Waals surface area contributed by atoms with Gasteiger partial charge >= 0.3 is 0 Å². The van der Waals surface area contributed by atoms with Crippen molar-refractivity contribution >= 4 is 15.9 Å². The first-order valence-electron chi connectivity index (χ1n) is 5.08. The Labute approximate surface area is 98.8 Å². The predicted octanol–water partition coefficient (Wildman–Crippen LogP) is 3.73. The van der Waals surface area contributed by atoms with Crippen LogP contribution < -0.4 is 0 Å².